The Labute approximate surface area is 205 Å². The summed E-state index contributed by atoms with van der Waals surface area (Å²) in [5.41, 5.74) is 4.00. The molecule has 2 amide bonds. The fourth-order valence-electron chi connectivity index (χ4n) is 3.80. The topological polar surface area (TPSA) is 114 Å². The van der Waals surface area contributed by atoms with E-state index in [1.807, 2.05) is 32.2 Å². The summed E-state index contributed by atoms with van der Waals surface area (Å²) in [6.07, 6.45) is 9.00. The second kappa shape index (κ2) is 12.0. The standard InChI is InChI=1S/C20H22N6O3.C6H12/c1-11-8-17(26(5)25-11)19-23-15-7-6-14(9-16(15)24-19)12(2)29-13(3)20(28)22-10-18(27)21-4;1-2-4-6-5-3-1/h6-9H,2-3,10H2,1,4-5H3,(H,21,27)(H,22,28)(H,23,24);1-6H2. The molecule has 0 radical (unpaired) electrons. The Morgan fingerprint density at radius 1 is 1.11 bits per heavy atom. The number of carbonyl (C=O) groups is 2. The molecule has 0 spiro atoms. The van der Waals surface area contributed by atoms with E-state index in [0.717, 1.165) is 22.4 Å². The predicted molar refractivity (Wildman–Crippen MR) is 137 cm³/mol. The number of imidazole rings is 1. The number of benzene rings is 1. The lowest BCUT2D eigenvalue weighted by Gasteiger charge is -2.11. The van der Waals surface area contributed by atoms with Gasteiger partial charge in [-0.15, -0.1) is 0 Å². The number of nitrogens with zero attached hydrogens (tertiary/aromatic N) is 3. The molecule has 2 aromatic heterocycles. The maximum atomic E-state index is 12.0. The molecule has 1 fully saturated rings. The lowest BCUT2D eigenvalue weighted by Crippen LogP contribution is -2.36. The molecule has 0 bridgehead atoms. The van der Waals surface area contributed by atoms with Crippen molar-refractivity contribution in [1.29, 1.82) is 0 Å². The predicted octanol–water partition coefficient (Wildman–Crippen LogP) is 3.98. The van der Waals surface area contributed by atoms with Crippen molar-refractivity contribution in [2.24, 2.45) is 7.05 Å². The van der Waals surface area contributed by atoms with Gasteiger partial charge in [0.2, 0.25) is 5.91 Å². The highest BCUT2D eigenvalue weighted by molar-refractivity contribution is 5.94. The monoisotopic (exact) mass is 478 g/mol. The Hall–Kier alpha value is -3.88. The number of aromatic amines is 1. The van der Waals surface area contributed by atoms with Gasteiger partial charge in [-0.05, 0) is 31.2 Å². The smallest absolute Gasteiger partial charge is 0.286 e. The van der Waals surface area contributed by atoms with Crippen molar-refractivity contribution in [1.82, 2.24) is 30.4 Å². The average Bonchev–Trinajstić information content (AvgIpc) is 3.44. The molecule has 0 aliphatic heterocycles. The third-order valence-electron chi connectivity index (χ3n) is 5.74. The van der Waals surface area contributed by atoms with Gasteiger partial charge in [-0.1, -0.05) is 51.7 Å². The molecule has 1 aliphatic carbocycles. The number of ether oxygens (including phenoxy) is 1. The summed E-state index contributed by atoms with van der Waals surface area (Å²) in [5, 5.41) is 9.15. The van der Waals surface area contributed by atoms with Gasteiger partial charge in [-0.25, -0.2) is 4.98 Å². The zero-order valence-electron chi connectivity index (χ0n) is 20.7. The van der Waals surface area contributed by atoms with E-state index >= 15 is 0 Å². The molecule has 4 rings (SSSR count). The first-order valence-corrected chi connectivity index (χ1v) is 11.8. The van der Waals surface area contributed by atoms with Crippen molar-refractivity contribution in [2.75, 3.05) is 13.6 Å². The maximum absolute atomic E-state index is 12.0. The third-order valence-corrected chi connectivity index (χ3v) is 5.74. The van der Waals surface area contributed by atoms with Crippen LogP contribution in [-0.4, -0.2) is 45.2 Å². The Morgan fingerprint density at radius 3 is 2.34 bits per heavy atom. The van der Waals surface area contributed by atoms with Crippen LogP contribution in [0, 0.1) is 6.92 Å². The second-order valence-corrected chi connectivity index (χ2v) is 8.54. The van der Waals surface area contributed by atoms with E-state index in [2.05, 4.69) is 38.9 Å². The minimum Gasteiger partial charge on any atom is -0.452 e. The highest BCUT2D eigenvalue weighted by Gasteiger charge is 2.14. The van der Waals surface area contributed by atoms with E-state index in [1.54, 1.807) is 10.7 Å². The van der Waals surface area contributed by atoms with Crippen LogP contribution in [0.1, 0.15) is 49.8 Å². The van der Waals surface area contributed by atoms with E-state index < -0.39 is 5.91 Å². The van der Waals surface area contributed by atoms with Crippen LogP contribution < -0.4 is 10.6 Å². The third kappa shape index (κ3) is 7.05. The number of hydrogen-bond acceptors (Lipinski definition) is 5. The van der Waals surface area contributed by atoms with Crippen LogP contribution in [-0.2, 0) is 21.4 Å². The zero-order chi connectivity index (χ0) is 25.4. The number of H-pyrrole nitrogens is 1. The van der Waals surface area contributed by atoms with E-state index in [-0.39, 0.29) is 24.0 Å². The fraction of sp³-hybridized carbons (Fsp3) is 0.385. The summed E-state index contributed by atoms with van der Waals surface area (Å²) in [5.74, 6) is -0.126. The number of likely N-dealkylation sites (N-methyl/N-ethyl adjacent to an activating group) is 1. The molecule has 186 valence electrons. The molecular weight excluding hydrogens is 444 g/mol. The van der Waals surface area contributed by atoms with E-state index in [1.165, 1.54) is 45.6 Å². The Kier molecular flexibility index (Phi) is 8.83. The quantitative estimate of drug-likeness (QED) is 0.351. The van der Waals surface area contributed by atoms with Crippen LogP contribution >= 0.6 is 0 Å². The molecule has 35 heavy (non-hydrogen) atoms. The number of amides is 2. The van der Waals surface area contributed by atoms with Crippen LogP contribution in [0.3, 0.4) is 0 Å². The van der Waals surface area contributed by atoms with Gasteiger partial charge in [0.25, 0.3) is 5.91 Å². The summed E-state index contributed by atoms with van der Waals surface area (Å²) < 4.78 is 7.21. The van der Waals surface area contributed by atoms with Gasteiger partial charge in [-0.2, -0.15) is 5.10 Å². The first kappa shape index (κ1) is 25.7. The van der Waals surface area contributed by atoms with Crippen molar-refractivity contribution < 1.29 is 14.3 Å². The molecule has 0 saturated heterocycles. The van der Waals surface area contributed by atoms with Crippen LogP contribution in [0.15, 0.2) is 43.2 Å². The van der Waals surface area contributed by atoms with Crippen molar-refractivity contribution in [2.45, 2.75) is 45.4 Å². The molecule has 9 nitrogen and oxygen atoms in total. The lowest BCUT2D eigenvalue weighted by molar-refractivity contribution is -0.125. The van der Waals surface area contributed by atoms with Gasteiger partial charge in [0.05, 0.1) is 23.3 Å². The lowest BCUT2D eigenvalue weighted by atomic mass is 10.0. The van der Waals surface area contributed by atoms with Gasteiger partial charge in [-0.3, -0.25) is 14.3 Å². The minimum absolute atomic E-state index is 0.158. The van der Waals surface area contributed by atoms with Crippen LogP contribution in [0.4, 0.5) is 0 Å². The number of nitrogens with one attached hydrogen (secondary N) is 3. The van der Waals surface area contributed by atoms with E-state index in [0.29, 0.717) is 11.4 Å². The molecule has 0 atom stereocenters. The largest absolute Gasteiger partial charge is 0.452 e. The molecule has 1 saturated carbocycles. The van der Waals surface area contributed by atoms with Gasteiger partial charge in [0.1, 0.15) is 11.5 Å². The van der Waals surface area contributed by atoms with Crippen molar-refractivity contribution in [3.63, 3.8) is 0 Å². The number of aromatic nitrogens is 4. The number of aryl methyl sites for hydroxylation is 2. The Bertz CT molecular complexity index is 1210. The minimum atomic E-state index is -0.591. The number of carbonyl (C=O) groups excluding carboxylic acids is 2. The van der Waals surface area contributed by atoms with Crippen molar-refractivity contribution >= 4 is 28.6 Å². The van der Waals surface area contributed by atoms with Gasteiger partial charge in [0, 0.05) is 19.7 Å². The molecule has 3 N–H and O–H groups in total. The van der Waals surface area contributed by atoms with Crippen LogP contribution in [0.2, 0.25) is 0 Å². The highest BCUT2D eigenvalue weighted by Crippen LogP contribution is 2.25. The summed E-state index contributed by atoms with van der Waals surface area (Å²) in [4.78, 5) is 31.0. The highest BCUT2D eigenvalue weighted by atomic mass is 16.5. The molecule has 9 heteroatoms. The first-order valence-electron chi connectivity index (χ1n) is 11.8. The van der Waals surface area contributed by atoms with Crippen LogP contribution in [0.25, 0.3) is 28.3 Å². The average molecular weight is 479 g/mol. The molecule has 1 aliphatic rings. The molecule has 3 aromatic rings. The number of hydrogen-bond donors (Lipinski definition) is 3. The molecule has 1 aromatic carbocycles. The normalized spacial score (nSPS) is 12.9. The fourth-order valence-corrected chi connectivity index (χ4v) is 3.80. The SMILES string of the molecule is C1CCCCC1.C=C(OC(=C)c1ccc2nc(-c3cc(C)nn3C)[nH]c2c1)C(=O)NCC(=O)NC. The zero-order valence-corrected chi connectivity index (χ0v) is 20.7. The molecule has 2 heterocycles. The van der Waals surface area contributed by atoms with Crippen LogP contribution in [0.5, 0.6) is 0 Å². The van der Waals surface area contributed by atoms with Gasteiger partial charge in [0.15, 0.2) is 11.6 Å². The summed E-state index contributed by atoms with van der Waals surface area (Å²) in [6, 6.07) is 7.39. The van der Waals surface area contributed by atoms with Crippen molar-refractivity contribution in [3.05, 3.63) is 54.4 Å². The summed E-state index contributed by atoms with van der Waals surface area (Å²) in [6.45, 7) is 9.20. The Morgan fingerprint density at radius 2 is 1.77 bits per heavy atom. The number of fused-ring (bicyclic) bond motifs is 1. The summed E-state index contributed by atoms with van der Waals surface area (Å²) in [7, 11) is 3.34. The summed E-state index contributed by atoms with van der Waals surface area (Å²) >= 11 is 0. The first-order chi connectivity index (χ1) is 16.8. The second-order valence-electron chi connectivity index (χ2n) is 8.54. The number of rotatable bonds is 7. The van der Waals surface area contributed by atoms with Crippen molar-refractivity contribution in [3.8, 4) is 11.5 Å². The molecule has 0 unspecified atom stereocenters. The van der Waals surface area contributed by atoms with Gasteiger partial charge >= 0.3 is 0 Å². The Balaban J connectivity index is 0.000000497. The van der Waals surface area contributed by atoms with E-state index in [9.17, 15) is 9.59 Å². The van der Waals surface area contributed by atoms with E-state index in [4.69, 9.17) is 4.74 Å². The van der Waals surface area contributed by atoms with Gasteiger partial charge < -0.3 is 20.4 Å². The molecular formula is C26H34N6O3. The maximum Gasteiger partial charge on any atom is 0.286 e.